The van der Waals surface area contributed by atoms with Crippen LogP contribution in [0, 0.1) is 0 Å². The molecule has 0 spiro atoms. The monoisotopic (exact) mass is 336 g/mol. The lowest BCUT2D eigenvalue weighted by molar-refractivity contribution is 0.232. The van der Waals surface area contributed by atoms with Crippen molar-refractivity contribution in [2.24, 2.45) is 4.99 Å². The van der Waals surface area contributed by atoms with Crippen LogP contribution in [0.3, 0.4) is 0 Å². The Morgan fingerprint density at radius 3 is 2.72 bits per heavy atom. The van der Waals surface area contributed by atoms with Gasteiger partial charge in [0.05, 0.1) is 18.4 Å². The molecular weight excluding hydrogens is 312 g/mol. The summed E-state index contributed by atoms with van der Waals surface area (Å²) < 4.78 is 5.76. The maximum Gasteiger partial charge on any atom is 0.214 e. The molecule has 2 aromatic rings. The fourth-order valence-corrected chi connectivity index (χ4v) is 3.47. The van der Waals surface area contributed by atoms with Gasteiger partial charge in [0.15, 0.2) is 0 Å². The summed E-state index contributed by atoms with van der Waals surface area (Å²) in [6.07, 6.45) is 7.71. The number of rotatable bonds is 4. The predicted molar refractivity (Wildman–Crippen MR) is 99.6 cm³/mol. The van der Waals surface area contributed by atoms with Crippen LogP contribution in [0.2, 0.25) is 0 Å². The van der Waals surface area contributed by atoms with E-state index in [2.05, 4.69) is 20.9 Å². The van der Waals surface area contributed by atoms with E-state index in [1.807, 2.05) is 38.4 Å². The lowest BCUT2D eigenvalue weighted by Crippen LogP contribution is -2.30. The van der Waals surface area contributed by atoms with Crippen LogP contribution in [0.4, 0.5) is 5.82 Å². The number of nitrogens with zero attached hydrogens (tertiary/aromatic N) is 4. The topological polar surface area (TPSA) is 50.6 Å². The van der Waals surface area contributed by atoms with Gasteiger partial charge in [-0.25, -0.2) is 9.97 Å². The quantitative estimate of drug-likeness (QED) is 0.856. The van der Waals surface area contributed by atoms with Crippen molar-refractivity contribution < 1.29 is 4.74 Å². The highest BCUT2D eigenvalue weighted by Gasteiger charge is 2.21. The van der Waals surface area contributed by atoms with Crippen LogP contribution in [0.25, 0.3) is 0 Å². The summed E-state index contributed by atoms with van der Waals surface area (Å²) in [5, 5.41) is 0. The molecule has 0 atom stereocenters. The molecule has 130 valence electrons. The largest absolute Gasteiger partial charge is 0.475 e. The standard InChI is InChI=1S/C20H24N4O/c1-14(2)25-19-11-17-16(12-22-19)13-23-20(17)15-6-7-21-18(10-15)24-8-4-3-5-9-24/h6-7,10-12,14H,3-5,8-9,13H2,1-2H3. The van der Waals surface area contributed by atoms with Gasteiger partial charge in [0.2, 0.25) is 5.88 Å². The number of fused-ring (bicyclic) bond motifs is 1. The molecule has 0 radical (unpaired) electrons. The van der Waals surface area contributed by atoms with Crippen molar-refractivity contribution in [1.82, 2.24) is 9.97 Å². The van der Waals surface area contributed by atoms with Crippen molar-refractivity contribution in [2.45, 2.75) is 45.8 Å². The summed E-state index contributed by atoms with van der Waals surface area (Å²) in [5.41, 5.74) is 4.42. The summed E-state index contributed by atoms with van der Waals surface area (Å²) in [5.74, 6) is 1.72. The molecule has 0 unspecified atom stereocenters. The predicted octanol–water partition coefficient (Wildman–Crippen LogP) is 3.61. The highest BCUT2D eigenvalue weighted by molar-refractivity contribution is 6.15. The Morgan fingerprint density at radius 2 is 1.92 bits per heavy atom. The van der Waals surface area contributed by atoms with E-state index in [0.717, 1.165) is 41.3 Å². The Hall–Kier alpha value is -2.43. The Kier molecular flexibility index (Phi) is 4.38. The van der Waals surface area contributed by atoms with Gasteiger partial charge >= 0.3 is 0 Å². The molecule has 25 heavy (non-hydrogen) atoms. The van der Waals surface area contributed by atoms with Crippen molar-refractivity contribution in [3.8, 4) is 5.88 Å². The first kappa shape index (κ1) is 16.1. The molecule has 5 heteroatoms. The highest BCUT2D eigenvalue weighted by Crippen LogP contribution is 2.27. The van der Waals surface area contributed by atoms with E-state index in [-0.39, 0.29) is 6.10 Å². The van der Waals surface area contributed by atoms with E-state index in [9.17, 15) is 0 Å². The average Bonchev–Trinajstić information content (AvgIpc) is 3.05. The third-order valence-electron chi connectivity index (χ3n) is 4.68. The number of hydrogen-bond acceptors (Lipinski definition) is 5. The average molecular weight is 336 g/mol. The Bertz CT molecular complexity index is 794. The third-order valence-corrected chi connectivity index (χ3v) is 4.68. The SMILES string of the molecule is CC(C)Oc1cc2c(cn1)CN=C2c1ccnc(N2CCCCC2)c1. The first-order valence-electron chi connectivity index (χ1n) is 9.12. The lowest BCUT2D eigenvalue weighted by Gasteiger charge is -2.27. The molecular formula is C20H24N4O. The van der Waals surface area contributed by atoms with Gasteiger partial charge in [-0.3, -0.25) is 4.99 Å². The number of ether oxygens (including phenoxy) is 1. The molecule has 1 fully saturated rings. The molecule has 1 saturated heterocycles. The number of pyridine rings is 2. The van der Waals surface area contributed by atoms with E-state index in [0.29, 0.717) is 12.4 Å². The molecule has 2 aliphatic rings. The molecule has 0 aromatic carbocycles. The Morgan fingerprint density at radius 1 is 1.08 bits per heavy atom. The molecule has 0 N–H and O–H groups in total. The van der Waals surface area contributed by atoms with E-state index in [1.165, 1.54) is 19.3 Å². The number of hydrogen-bond donors (Lipinski definition) is 0. The molecule has 2 aliphatic heterocycles. The van der Waals surface area contributed by atoms with Gasteiger partial charge in [0.25, 0.3) is 0 Å². The maximum atomic E-state index is 5.76. The van der Waals surface area contributed by atoms with Crippen LogP contribution in [0.1, 0.15) is 49.8 Å². The van der Waals surface area contributed by atoms with Crippen LogP contribution in [0.5, 0.6) is 5.88 Å². The molecule has 0 bridgehead atoms. The van der Waals surface area contributed by atoms with Crippen LogP contribution in [0.15, 0.2) is 35.6 Å². The van der Waals surface area contributed by atoms with Crippen molar-refractivity contribution in [3.05, 3.63) is 47.3 Å². The van der Waals surface area contributed by atoms with Crippen molar-refractivity contribution in [1.29, 1.82) is 0 Å². The molecule has 2 aromatic heterocycles. The van der Waals surface area contributed by atoms with Crippen molar-refractivity contribution in [2.75, 3.05) is 18.0 Å². The van der Waals surface area contributed by atoms with Gasteiger partial charge in [-0.15, -0.1) is 0 Å². The number of anilines is 1. The normalized spacial score (nSPS) is 16.8. The molecule has 4 rings (SSSR count). The van der Waals surface area contributed by atoms with Crippen molar-refractivity contribution >= 4 is 11.5 Å². The minimum Gasteiger partial charge on any atom is -0.475 e. The second-order valence-corrected chi connectivity index (χ2v) is 6.96. The minimum atomic E-state index is 0.110. The number of piperidine rings is 1. The summed E-state index contributed by atoms with van der Waals surface area (Å²) in [6, 6.07) is 6.23. The smallest absolute Gasteiger partial charge is 0.214 e. The summed E-state index contributed by atoms with van der Waals surface area (Å²) >= 11 is 0. The zero-order valence-electron chi connectivity index (χ0n) is 14.9. The van der Waals surface area contributed by atoms with Gasteiger partial charge in [0.1, 0.15) is 5.82 Å². The molecule has 0 saturated carbocycles. The summed E-state index contributed by atoms with van der Waals surface area (Å²) in [6.45, 7) is 6.89. The van der Waals surface area contributed by atoms with Gasteiger partial charge in [-0.2, -0.15) is 0 Å². The number of aromatic nitrogens is 2. The fraction of sp³-hybridized carbons (Fsp3) is 0.450. The fourth-order valence-electron chi connectivity index (χ4n) is 3.47. The minimum absolute atomic E-state index is 0.110. The second kappa shape index (κ2) is 6.82. The second-order valence-electron chi connectivity index (χ2n) is 6.96. The zero-order valence-corrected chi connectivity index (χ0v) is 14.9. The van der Waals surface area contributed by atoms with E-state index in [1.54, 1.807) is 0 Å². The number of aliphatic imine (C=N–C) groups is 1. The molecule has 4 heterocycles. The Labute approximate surface area is 148 Å². The lowest BCUT2D eigenvalue weighted by atomic mass is 10.0. The Balaban J connectivity index is 1.64. The van der Waals surface area contributed by atoms with E-state index in [4.69, 9.17) is 9.73 Å². The molecule has 0 aliphatic carbocycles. The van der Waals surface area contributed by atoms with Gasteiger partial charge in [-0.05, 0) is 45.2 Å². The zero-order chi connectivity index (χ0) is 17.2. The van der Waals surface area contributed by atoms with Crippen LogP contribution < -0.4 is 9.64 Å². The molecule has 0 amide bonds. The third kappa shape index (κ3) is 3.36. The maximum absolute atomic E-state index is 5.76. The van der Waals surface area contributed by atoms with Gasteiger partial charge < -0.3 is 9.64 Å². The van der Waals surface area contributed by atoms with Gasteiger partial charge in [-0.1, -0.05) is 0 Å². The van der Waals surface area contributed by atoms with Crippen LogP contribution in [-0.4, -0.2) is 34.9 Å². The van der Waals surface area contributed by atoms with Crippen molar-refractivity contribution in [3.63, 3.8) is 0 Å². The first-order valence-corrected chi connectivity index (χ1v) is 9.12. The van der Waals surface area contributed by atoms with Crippen LogP contribution >= 0.6 is 0 Å². The van der Waals surface area contributed by atoms with E-state index < -0.39 is 0 Å². The summed E-state index contributed by atoms with van der Waals surface area (Å²) in [7, 11) is 0. The van der Waals surface area contributed by atoms with Gasteiger partial charge in [0, 0.05) is 48.2 Å². The summed E-state index contributed by atoms with van der Waals surface area (Å²) in [4.78, 5) is 16.1. The molecule has 5 nitrogen and oxygen atoms in total. The van der Waals surface area contributed by atoms with Crippen LogP contribution in [-0.2, 0) is 6.54 Å². The highest BCUT2D eigenvalue weighted by atomic mass is 16.5. The first-order chi connectivity index (χ1) is 12.2. The van der Waals surface area contributed by atoms with E-state index >= 15 is 0 Å².